The first-order chi connectivity index (χ1) is 13.8. The van der Waals surface area contributed by atoms with Crippen molar-refractivity contribution in [1.29, 1.82) is 0 Å². The first kappa shape index (κ1) is 20.8. The normalized spacial score (nSPS) is 14.1. The molecule has 1 aromatic heterocycles. The van der Waals surface area contributed by atoms with Gasteiger partial charge in [-0.1, -0.05) is 18.2 Å². The van der Waals surface area contributed by atoms with Gasteiger partial charge in [0.25, 0.3) is 5.91 Å². The summed E-state index contributed by atoms with van der Waals surface area (Å²) in [6, 6.07) is 6.19. The van der Waals surface area contributed by atoms with E-state index in [9.17, 15) is 14.4 Å². The van der Waals surface area contributed by atoms with Crippen LogP contribution in [0.3, 0.4) is 0 Å². The monoisotopic (exact) mass is 396 g/mol. The molecule has 1 atom stereocenters. The molecule has 1 aliphatic rings. The molecule has 0 unspecified atom stereocenters. The maximum atomic E-state index is 12.3. The molecule has 0 spiro atoms. The largest absolute Gasteiger partial charge is 0.451 e. The van der Waals surface area contributed by atoms with Crippen molar-refractivity contribution in [2.45, 2.75) is 59.4 Å². The van der Waals surface area contributed by atoms with Crippen molar-refractivity contribution in [2.24, 2.45) is 0 Å². The molecule has 0 saturated heterocycles. The fourth-order valence-electron chi connectivity index (χ4n) is 4.07. The molecule has 0 saturated carbocycles. The van der Waals surface area contributed by atoms with E-state index in [0.717, 1.165) is 18.4 Å². The van der Waals surface area contributed by atoms with Gasteiger partial charge in [-0.3, -0.25) is 9.59 Å². The Morgan fingerprint density at radius 1 is 1.14 bits per heavy atom. The molecular weight excluding hydrogens is 368 g/mol. The van der Waals surface area contributed by atoms with E-state index in [0.29, 0.717) is 16.8 Å². The average molecular weight is 396 g/mol. The molecule has 1 aromatic carbocycles. The van der Waals surface area contributed by atoms with E-state index >= 15 is 0 Å². The molecule has 0 bridgehead atoms. The highest BCUT2D eigenvalue weighted by atomic mass is 16.5. The van der Waals surface area contributed by atoms with Crippen LogP contribution >= 0.6 is 0 Å². The van der Waals surface area contributed by atoms with E-state index < -0.39 is 5.97 Å². The smallest absolute Gasteiger partial charge is 0.355 e. The zero-order chi connectivity index (χ0) is 21.1. The minimum atomic E-state index is -0.644. The van der Waals surface area contributed by atoms with Crippen molar-refractivity contribution in [3.8, 4) is 0 Å². The van der Waals surface area contributed by atoms with Crippen LogP contribution in [0, 0.1) is 13.8 Å². The molecule has 1 heterocycles. The second kappa shape index (κ2) is 8.64. The number of fused-ring (bicyclic) bond motifs is 1. The average Bonchev–Trinajstić information content (AvgIpc) is 3.00. The molecule has 0 radical (unpaired) electrons. The SMILES string of the molecule is CC(=O)c1c(C)[nH]c(C(=O)OCC(=O)N[C@H](C)c2ccc3c(c2)CCCC3)c1C. The summed E-state index contributed by atoms with van der Waals surface area (Å²) in [5.41, 5.74) is 5.67. The lowest BCUT2D eigenvalue weighted by molar-refractivity contribution is -0.124. The van der Waals surface area contributed by atoms with Crippen LogP contribution in [-0.4, -0.2) is 29.3 Å². The van der Waals surface area contributed by atoms with E-state index in [1.807, 2.05) is 6.92 Å². The van der Waals surface area contributed by atoms with Gasteiger partial charge in [-0.15, -0.1) is 0 Å². The number of aromatic nitrogens is 1. The van der Waals surface area contributed by atoms with Crippen LogP contribution in [0.5, 0.6) is 0 Å². The van der Waals surface area contributed by atoms with E-state index in [-0.39, 0.29) is 30.0 Å². The minimum Gasteiger partial charge on any atom is -0.451 e. The Balaban J connectivity index is 1.58. The van der Waals surface area contributed by atoms with Crippen LogP contribution in [0.1, 0.15) is 81.5 Å². The quantitative estimate of drug-likeness (QED) is 0.575. The summed E-state index contributed by atoms with van der Waals surface area (Å²) in [7, 11) is 0. The zero-order valence-corrected chi connectivity index (χ0v) is 17.5. The Hall–Kier alpha value is -2.89. The number of carbonyl (C=O) groups excluding carboxylic acids is 3. The van der Waals surface area contributed by atoms with Crippen LogP contribution < -0.4 is 5.32 Å². The fourth-order valence-corrected chi connectivity index (χ4v) is 4.07. The molecule has 1 amide bonds. The summed E-state index contributed by atoms with van der Waals surface area (Å²) >= 11 is 0. The summed E-state index contributed by atoms with van der Waals surface area (Å²) in [6.07, 6.45) is 4.64. The van der Waals surface area contributed by atoms with Gasteiger partial charge in [-0.05, 0) is 75.6 Å². The maximum absolute atomic E-state index is 12.3. The molecule has 3 rings (SSSR count). The molecular formula is C23H28N2O4. The highest BCUT2D eigenvalue weighted by Gasteiger charge is 2.22. The molecule has 1 aliphatic carbocycles. The number of hydrogen-bond acceptors (Lipinski definition) is 4. The number of esters is 1. The minimum absolute atomic E-state index is 0.119. The number of carbonyl (C=O) groups is 3. The lowest BCUT2D eigenvalue weighted by atomic mass is 9.89. The van der Waals surface area contributed by atoms with Gasteiger partial charge in [0.2, 0.25) is 0 Å². The fraction of sp³-hybridized carbons (Fsp3) is 0.435. The van der Waals surface area contributed by atoms with Crippen LogP contribution in [0.15, 0.2) is 18.2 Å². The number of hydrogen-bond donors (Lipinski definition) is 2. The maximum Gasteiger partial charge on any atom is 0.355 e. The number of benzene rings is 1. The van der Waals surface area contributed by atoms with E-state index in [1.54, 1.807) is 13.8 Å². The van der Waals surface area contributed by atoms with Crippen LogP contribution in [0.4, 0.5) is 0 Å². The number of ether oxygens (including phenoxy) is 1. The third kappa shape index (κ3) is 4.58. The van der Waals surface area contributed by atoms with E-state index in [2.05, 4.69) is 28.5 Å². The number of H-pyrrole nitrogens is 1. The first-order valence-electron chi connectivity index (χ1n) is 10.1. The van der Waals surface area contributed by atoms with Crippen molar-refractivity contribution >= 4 is 17.7 Å². The Bertz CT molecular complexity index is 958. The third-order valence-corrected chi connectivity index (χ3v) is 5.58. The molecule has 6 nitrogen and oxygen atoms in total. The van der Waals surface area contributed by atoms with Crippen molar-refractivity contribution in [1.82, 2.24) is 10.3 Å². The Morgan fingerprint density at radius 3 is 2.48 bits per heavy atom. The highest BCUT2D eigenvalue weighted by molar-refractivity contribution is 6.01. The Labute approximate surface area is 171 Å². The molecule has 29 heavy (non-hydrogen) atoms. The highest BCUT2D eigenvalue weighted by Crippen LogP contribution is 2.25. The third-order valence-electron chi connectivity index (χ3n) is 5.58. The predicted molar refractivity (Wildman–Crippen MR) is 110 cm³/mol. The van der Waals surface area contributed by atoms with Crippen molar-refractivity contribution in [3.63, 3.8) is 0 Å². The second-order valence-electron chi connectivity index (χ2n) is 7.78. The van der Waals surface area contributed by atoms with Gasteiger partial charge in [-0.25, -0.2) is 4.79 Å². The van der Waals surface area contributed by atoms with Crippen LogP contribution in [-0.2, 0) is 22.4 Å². The second-order valence-corrected chi connectivity index (χ2v) is 7.78. The van der Waals surface area contributed by atoms with Crippen molar-refractivity contribution < 1.29 is 19.1 Å². The Morgan fingerprint density at radius 2 is 1.83 bits per heavy atom. The molecule has 6 heteroatoms. The van der Waals surface area contributed by atoms with Gasteiger partial charge in [-0.2, -0.15) is 0 Å². The van der Waals surface area contributed by atoms with Crippen molar-refractivity contribution in [3.05, 3.63) is 57.4 Å². The number of aromatic amines is 1. The number of nitrogens with one attached hydrogen (secondary N) is 2. The van der Waals surface area contributed by atoms with Gasteiger partial charge in [0.05, 0.1) is 6.04 Å². The number of aryl methyl sites for hydroxylation is 3. The molecule has 2 N–H and O–H groups in total. The number of rotatable bonds is 6. The molecule has 154 valence electrons. The molecule has 0 fully saturated rings. The Kier molecular flexibility index (Phi) is 6.20. The summed E-state index contributed by atoms with van der Waals surface area (Å²) in [5, 5.41) is 2.88. The summed E-state index contributed by atoms with van der Waals surface area (Å²) in [6.45, 7) is 6.42. The zero-order valence-electron chi connectivity index (χ0n) is 17.5. The van der Waals surface area contributed by atoms with Gasteiger partial charge < -0.3 is 15.0 Å². The van der Waals surface area contributed by atoms with Gasteiger partial charge in [0, 0.05) is 11.3 Å². The molecule has 0 aliphatic heterocycles. The van der Waals surface area contributed by atoms with Gasteiger partial charge >= 0.3 is 5.97 Å². The predicted octanol–water partition coefficient (Wildman–Crippen LogP) is 3.75. The summed E-state index contributed by atoms with van der Waals surface area (Å²) < 4.78 is 5.15. The van der Waals surface area contributed by atoms with Crippen molar-refractivity contribution in [2.75, 3.05) is 6.61 Å². The lowest BCUT2D eigenvalue weighted by Gasteiger charge is -2.20. The van der Waals surface area contributed by atoms with Gasteiger partial charge in [0.15, 0.2) is 12.4 Å². The summed E-state index contributed by atoms with van der Waals surface area (Å²) in [4.78, 5) is 39.2. The number of amides is 1. The number of ketones is 1. The van der Waals surface area contributed by atoms with E-state index in [1.165, 1.54) is 30.9 Å². The van der Waals surface area contributed by atoms with E-state index in [4.69, 9.17) is 4.74 Å². The lowest BCUT2D eigenvalue weighted by Crippen LogP contribution is -2.31. The standard InChI is InChI=1S/C23H28N2O4/c1-13-21(16(4)26)15(3)25-22(13)23(28)29-12-20(27)24-14(2)18-10-9-17-7-5-6-8-19(17)11-18/h9-11,14,25H,5-8,12H2,1-4H3,(H,24,27)/t14-/m1/s1. The van der Waals surface area contributed by atoms with Crippen LogP contribution in [0.2, 0.25) is 0 Å². The molecule has 2 aromatic rings. The van der Waals surface area contributed by atoms with Crippen LogP contribution in [0.25, 0.3) is 0 Å². The first-order valence-corrected chi connectivity index (χ1v) is 10.1. The summed E-state index contributed by atoms with van der Waals surface area (Å²) in [5.74, 6) is -1.13. The topological polar surface area (TPSA) is 88.3 Å². The number of Topliss-reactive ketones (excluding diaryl/α,β-unsaturated/α-hetero) is 1. The van der Waals surface area contributed by atoms with Gasteiger partial charge in [0.1, 0.15) is 5.69 Å².